The second kappa shape index (κ2) is 52.1. The number of nitrogens with one attached hydrogen (secondary N) is 1. The number of carbonyl (C=O) groups is 1. The number of allylic oxidation sites excluding steroid dienone is 4. The van der Waals surface area contributed by atoms with E-state index < -0.39 is 49.5 Å². The topological polar surface area (TPSA) is 149 Å². The van der Waals surface area contributed by atoms with Crippen molar-refractivity contribution in [3.8, 4) is 0 Å². The van der Waals surface area contributed by atoms with Gasteiger partial charge >= 0.3 is 0 Å². The Hall–Kier alpha value is -1.33. The lowest BCUT2D eigenvalue weighted by molar-refractivity contribution is -0.302. The van der Waals surface area contributed by atoms with Crippen LogP contribution in [0.2, 0.25) is 0 Å². The molecule has 9 heteroatoms. The standard InChI is InChI=1S/C62H119NO8/c1-3-5-7-9-11-13-15-17-19-21-23-25-26-27-28-29-30-32-34-36-38-40-42-44-46-48-50-52-58(66)63-55(54-70-62-61(69)60(68)59(67)57(53-64)71-62)56(65)51-49-47-45-43-41-39-37-35-33-31-24-22-20-18-16-14-12-10-8-6-4-2/h23,25,27-28,55-57,59-62,64-65,67-69H,3-22,24,26,29-54H2,1-2H3,(H,63,66)/b25-23-,28-27-. The molecule has 0 spiro atoms. The molecule has 7 atom stereocenters. The second-order valence-electron chi connectivity index (χ2n) is 21.9. The van der Waals surface area contributed by atoms with Gasteiger partial charge in [-0.15, -0.1) is 0 Å². The van der Waals surface area contributed by atoms with Crippen molar-refractivity contribution >= 4 is 5.91 Å². The molecule has 1 amide bonds. The number of aliphatic hydroxyl groups is 5. The summed E-state index contributed by atoms with van der Waals surface area (Å²) < 4.78 is 11.3. The van der Waals surface area contributed by atoms with Gasteiger partial charge in [0, 0.05) is 6.42 Å². The lowest BCUT2D eigenvalue weighted by atomic mass is 9.99. The van der Waals surface area contributed by atoms with E-state index in [-0.39, 0.29) is 12.5 Å². The van der Waals surface area contributed by atoms with Gasteiger partial charge < -0.3 is 40.3 Å². The molecule has 1 heterocycles. The molecule has 1 aliphatic rings. The third-order valence-electron chi connectivity index (χ3n) is 15.1. The number of ether oxygens (including phenoxy) is 2. The molecule has 1 saturated heterocycles. The molecule has 0 aromatic heterocycles. The molecule has 0 saturated carbocycles. The zero-order valence-electron chi connectivity index (χ0n) is 46.8. The molecule has 1 fully saturated rings. The molecule has 0 aromatic rings. The van der Waals surface area contributed by atoms with Crippen LogP contribution in [0, 0.1) is 0 Å². The maximum absolute atomic E-state index is 13.1. The summed E-state index contributed by atoms with van der Waals surface area (Å²) in [6.07, 6.45) is 59.3. The average molecular weight is 1010 g/mol. The summed E-state index contributed by atoms with van der Waals surface area (Å²) in [5, 5.41) is 54.8. The van der Waals surface area contributed by atoms with Gasteiger partial charge in [0.15, 0.2) is 6.29 Å². The van der Waals surface area contributed by atoms with Gasteiger partial charge in [-0.1, -0.05) is 282 Å². The largest absolute Gasteiger partial charge is 0.394 e. The van der Waals surface area contributed by atoms with Crippen LogP contribution < -0.4 is 5.32 Å². The summed E-state index contributed by atoms with van der Waals surface area (Å²) in [5.74, 6) is -0.142. The molecule has 9 nitrogen and oxygen atoms in total. The molecule has 1 rings (SSSR count). The third-order valence-corrected chi connectivity index (χ3v) is 15.1. The average Bonchev–Trinajstić information content (AvgIpc) is 3.37. The molecule has 71 heavy (non-hydrogen) atoms. The molecule has 0 radical (unpaired) electrons. The Kier molecular flexibility index (Phi) is 49.7. The highest BCUT2D eigenvalue weighted by Crippen LogP contribution is 2.23. The van der Waals surface area contributed by atoms with Crippen LogP contribution in [0.15, 0.2) is 24.3 Å². The fourth-order valence-corrected chi connectivity index (χ4v) is 10.1. The lowest BCUT2D eigenvalue weighted by Crippen LogP contribution is -2.60. The Balaban J connectivity index is 2.17. The van der Waals surface area contributed by atoms with Crippen LogP contribution in [0.3, 0.4) is 0 Å². The Morgan fingerprint density at radius 2 is 0.831 bits per heavy atom. The summed E-state index contributed by atoms with van der Waals surface area (Å²) in [4.78, 5) is 13.1. The van der Waals surface area contributed by atoms with Crippen LogP contribution in [0.25, 0.3) is 0 Å². The first kappa shape index (κ1) is 67.7. The summed E-state index contributed by atoms with van der Waals surface area (Å²) in [7, 11) is 0. The fourth-order valence-electron chi connectivity index (χ4n) is 10.1. The first-order chi connectivity index (χ1) is 34.8. The van der Waals surface area contributed by atoms with Gasteiger partial charge in [0.25, 0.3) is 0 Å². The van der Waals surface area contributed by atoms with Crippen molar-refractivity contribution in [2.45, 2.75) is 352 Å². The molecule has 0 aromatic carbocycles. The van der Waals surface area contributed by atoms with E-state index in [1.807, 2.05) is 0 Å². The van der Waals surface area contributed by atoms with Crippen molar-refractivity contribution in [3.05, 3.63) is 24.3 Å². The van der Waals surface area contributed by atoms with E-state index in [1.54, 1.807) is 0 Å². The van der Waals surface area contributed by atoms with Crippen molar-refractivity contribution in [1.29, 1.82) is 0 Å². The van der Waals surface area contributed by atoms with Crippen LogP contribution in [0.5, 0.6) is 0 Å². The third kappa shape index (κ3) is 41.6. The monoisotopic (exact) mass is 1010 g/mol. The van der Waals surface area contributed by atoms with Gasteiger partial charge in [0.2, 0.25) is 5.91 Å². The summed E-state index contributed by atoms with van der Waals surface area (Å²) in [6, 6.07) is -0.720. The van der Waals surface area contributed by atoms with Gasteiger partial charge in [-0.25, -0.2) is 0 Å². The van der Waals surface area contributed by atoms with E-state index in [2.05, 4.69) is 43.5 Å². The Bertz CT molecular complexity index is 1170. The van der Waals surface area contributed by atoms with E-state index >= 15 is 0 Å². The number of rotatable bonds is 54. The minimum atomic E-state index is -1.55. The predicted octanol–water partition coefficient (Wildman–Crippen LogP) is 15.7. The maximum Gasteiger partial charge on any atom is 0.220 e. The minimum Gasteiger partial charge on any atom is -0.394 e. The van der Waals surface area contributed by atoms with E-state index in [4.69, 9.17) is 9.47 Å². The predicted molar refractivity (Wildman–Crippen MR) is 300 cm³/mol. The Morgan fingerprint density at radius 3 is 1.21 bits per heavy atom. The molecule has 420 valence electrons. The highest BCUT2D eigenvalue weighted by atomic mass is 16.7. The smallest absolute Gasteiger partial charge is 0.220 e. The molecular formula is C62H119NO8. The number of amides is 1. The second-order valence-corrected chi connectivity index (χ2v) is 21.9. The highest BCUT2D eigenvalue weighted by Gasteiger charge is 2.44. The first-order valence-corrected chi connectivity index (χ1v) is 31.0. The normalized spacial score (nSPS) is 19.3. The van der Waals surface area contributed by atoms with Crippen molar-refractivity contribution in [2.75, 3.05) is 13.2 Å². The van der Waals surface area contributed by atoms with Gasteiger partial charge in [-0.3, -0.25) is 4.79 Å². The molecule has 7 unspecified atom stereocenters. The zero-order chi connectivity index (χ0) is 51.5. The van der Waals surface area contributed by atoms with Crippen LogP contribution in [0.1, 0.15) is 309 Å². The first-order valence-electron chi connectivity index (χ1n) is 31.0. The van der Waals surface area contributed by atoms with E-state index in [0.717, 1.165) is 44.9 Å². The molecule has 0 bridgehead atoms. The van der Waals surface area contributed by atoms with Crippen LogP contribution in [-0.4, -0.2) is 87.5 Å². The van der Waals surface area contributed by atoms with E-state index in [9.17, 15) is 30.3 Å². The molecular weight excluding hydrogens is 887 g/mol. The van der Waals surface area contributed by atoms with Crippen molar-refractivity contribution in [2.24, 2.45) is 0 Å². The number of hydrogen-bond acceptors (Lipinski definition) is 8. The lowest BCUT2D eigenvalue weighted by Gasteiger charge is -2.40. The molecule has 6 N–H and O–H groups in total. The van der Waals surface area contributed by atoms with Crippen molar-refractivity contribution < 1.29 is 39.8 Å². The van der Waals surface area contributed by atoms with E-state index in [1.165, 1.54) is 238 Å². The Morgan fingerprint density at radius 1 is 0.479 bits per heavy atom. The SMILES string of the molecule is CCCCCCCCCCC/C=C\C/C=C\CCCCCCCCCCCCCC(=O)NC(COC1OC(CO)C(O)C(O)C1O)C(O)CCCCCCCCCCCCCCCCCCCCCCC. The van der Waals surface area contributed by atoms with Gasteiger partial charge in [0.05, 0.1) is 25.4 Å². The number of aliphatic hydroxyl groups excluding tert-OH is 5. The van der Waals surface area contributed by atoms with Crippen LogP contribution >= 0.6 is 0 Å². The van der Waals surface area contributed by atoms with E-state index in [0.29, 0.717) is 12.8 Å². The van der Waals surface area contributed by atoms with Crippen molar-refractivity contribution in [1.82, 2.24) is 5.32 Å². The minimum absolute atomic E-state index is 0.136. The van der Waals surface area contributed by atoms with Crippen molar-refractivity contribution in [3.63, 3.8) is 0 Å². The zero-order valence-corrected chi connectivity index (χ0v) is 46.8. The molecule has 1 aliphatic heterocycles. The summed E-state index contributed by atoms with van der Waals surface area (Å²) >= 11 is 0. The maximum atomic E-state index is 13.1. The quantitative estimate of drug-likeness (QED) is 0.0261. The van der Waals surface area contributed by atoms with Crippen LogP contribution in [-0.2, 0) is 14.3 Å². The highest BCUT2D eigenvalue weighted by molar-refractivity contribution is 5.76. The molecule has 0 aliphatic carbocycles. The number of carbonyl (C=O) groups excluding carboxylic acids is 1. The Labute approximate surface area is 439 Å². The van der Waals surface area contributed by atoms with Gasteiger partial charge in [-0.05, 0) is 44.9 Å². The number of unbranched alkanes of at least 4 members (excludes halogenated alkanes) is 40. The van der Waals surface area contributed by atoms with Gasteiger partial charge in [-0.2, -0.15) is 0 Å². The summed E-state index contributed by atoms with van der Waals surface area (Å²) in [5.41, 5.74) is 0. The summed E-state index contributed by atoms with van der Waals surface area (Å²) in [6.45, 7) is 3.88. The van der Waals surface area contributed by atoms with Gasteiger partial charge in [0.1, 0.15) is 24.4 Å². The number of hydrogen-bond donors (Lipinski definition) is 6. The van der Waals surface area contributed by atoms with Crippen LogP contribution in [0.4, 0.5) is 0 Å². The fraction of sp³-hybridized carbons (Fsp3) is 0.919.